The topological polar surface area (TPSA) is 83.0 Å². The molecular weight excluding hydrogens is 433 g/mol. The van der Waals surface area contributed by atoms with Gasteiger partial charge in [0, 0.05) is 23.4 Å². The SMILES string of the molecule is CC(C)n1cc(-c2ccc(OCC(=O)c3ccccc3)c(C(F)(F)F)c2)c2c(N)ncnc21. The lowest BCUT2D eigenvalue weighted by Gasteiger charge is -2.15. The first-order valence-electron chi connectivity index (χ1n) is 10.2. The highest BCUT2D eigenvalue weighted by atomic mass is 19.4. The standard InChI is InChI=1S/C24H21F3N4O2/c1-14(2)31-11-17(21-22(28)29-13-30-23(21)31)16-8-9-20(18(10-16)24(25,26)27)33-12-19(32)15-6-4-3-5-7-15/h3-11,13-14H,12H2,1-2H3,(H2,28,29,30). The van der Waals surface area contributed by atoms with Crippen molar-refractivity contribution in [2.24, 2.45) is 0 Å². The maximum atomic E-state index is 13.9. The summed E-state index contributed by atoms with van der Waals surface area (Å²) in [6, 6.07) is 12.0. The summed E-state index contributed by atoms with van der Waals surface area (Å²) in [5.74, 6) is -0.665. The first-order valence-corrected chi connectivity index (χ1v) is 10.2. The van der Waals surface area contributed by atoms with Gasteiger partial charge in [-0.15, -0.1) is 0 Å². The molecule has 0 unspecified atom stereocenters. The van der Waals surface area contributed by atoms with Crippen LogP contribution in [0.4, 0.5) is 19.0 Å². The fourth-order valence-corrected chi connectivity index (χ4v) is 3.62. The Morgan fingerprint density at radius 3 is 2.52 bits per heavy atom. The van der Waals surface area contributed by atoms with Crippen molar-refractivity contribution in [1.82, 2.24) is 14.5 Å². The number of halogens is 3. The van der Waals surface area contributed by atoms with Crippen molar-refractivity contribution in [2.45, 2.75) is 26.1 Å². The van der Waals surface area contributed by atoms with Crippen molar-refractivity contribution in [3.05, 3.63) is 72.2 Å². The molecule has 0 bridgehead atoms. The molecular formula is C24H21F3N4O2. The zero-order valence-electron chi connectivity index (χ0n) is 17.9. The maximum Gasteiger partial charge on any atom is 0.419 e. The zero-order chi connectivity index (χ0) is 23.8. The number of anilines is 1. The molecule has 2 aromatic carbocycles. The van der Waals surface area contributed by atoms with Crippen LogP contribution in [0.15, 0.2) is 61.1 Å². The summed E-state index contributed by atoms with van der Waals surface area (Å²) < 4.78 is 48.8. The van der Waals surface area contributed by atoms with Crippen LogP contribution in [0.2, 0.25) is 0 Å². The van der Waals surface area contributed by atoms with E-state index in [2.05, 4.69) is 9.97 Å². The van der Waals surface area contributed by atoms with Crippen molar-refractivity contribution in [2.75, 3.05) is 12.3 Å². The molecule has 0 radical (unpaired) electrons. The maximum absolute atomic E-state index is 13.9. The predicted molar refractivity (Wildman–Crippen MR) is 119 cm³/mol. The molecule has 0 atom stereocenters. The Kier molecular flexibility index (Phi) is 5.80. The van der Waals surface area contributed by atoms with Gasteiger partial charge in [0.2, 0.25) is 0 Å². The number of nitrogens with two attached hydrogens (primary N) is 1. The molecule has 0 aliphatic rings. The van der Waals surface area contributed by atoms with E-state index in [1.54, 1.807) is 36.5 Å². The van der Waals surface area contributed by atoms with Crippen LogP contribution >= 0.6 is 0 Å². The molecule has 2 aromatic heterocycles. The third-order valence-electron chi connectivity index (χ3n) is 5.25. The van der Waals surface area contributed by atoms with Gasteiger partial charge in [-0.25, -0.2) is 9.97 Å². The molecule has 0 amide bonds. The molecule has 170 valence electrons. The van der Waals surface area contributed by atoms with Crippen molar-refractivity contribution < 1.29 is 22.7 Å². The number of aromatic nitrogens is 3. The minimum atomic E-state index is -4.69. The average Bonchev–Trinajstić information content (AvgIpc) is 3.19. The van der Waals surface area contributed by atoms with E-state index in [9.17, 15) is 18.0 Å². The monoisotopic (exact) mass is 454 g/mol. The molecule has 33 heavy (non-hydrogen) atoms. The van der Waals surface area contributed by atoms with Gasteiger partial charge in [-0.05, 0) is 31.5 Å². The number of ether oxygens (including phenoxy) is 1. The molecule has 0 fully saturated rings. The van der Waals surface area contributed by atoms with Crippen LogP contribution in [0.1, 0.15) is 35.8 Å². The van der Waals surface area contributed by atoms with Crippen LogP contribution in [-0.2, 0) is 6.18 Å². The van der Waals surface area contributed by atoms with E-state index in [1.807, 2.05) is 18.4 Å². The zero-order valence-corrected chi connectivity index (χ0v) is 17.9. The largest absolute Gasteiger partial charge is 0.485 e. The van der Waals surface area contributed by atoms with Gasteiger partial charge in [0.15, 0.2) is 12.4 Å². The molecule has 4 rings (SSSR count). The van der Waals surface area contributed by atoms with Crippen molar-refractivity contribution in [3.8, 4) is 16.9 Å². The number of benzene rings is 2. The van der Waals surface area contributed by atoms with Crippen LogP contribution in [0, 0.1) is 0 Å². The second kappa shape index (κ2) is 8.57. The van der Waals surface area contributed by atoms with E-state index >= 15 is 0 Å². The molecule has 0 aliphatic carbocycles. The van der Waals surface area contributed by atoms with Crippen LogP contribution in [0.3, 0.4) is 0 Å². The number of nitrogens with zero attached hydrogens (tertiary/aromatic N) is 3. The Morgan fingerprint density at radius 1 is 1.12 bits per heavy atom. The van der Waals surface area contributed by atoms with Gasteiger partial charge in [-0.1, -0.05) is 36.4 Å². The van der Waals surface area contributed by atoms with Crippen molar-refractivity contribution in [1.29, 1.82) is 0 Å². The third kappa shape index (κ3) is 4.39. The number of alkyl halides is 3. The van der Waals surface area contributed by atoms with Gasteiger partial charge in [0.05, 0.1) is 10.9 Å². The van der Waals surface area contributed by atoms with Crippen LogP contribution in [0.25, 0.3) is 22.2 Å². The summed E-state index contributed by atoms with van der Waals surface area (Å²) in [6.45, 7) is 3.35. The number of fused-ring (bicyclic) bond motifs is 1. The smallest absolute Gasteiger partial charge is 0.419 e. The number of Topliss-reactive ketones (excluding diaryl/α,β-unsaturated/α-hetero) is 1. The molecule has 6 nitrogen and oxygen atoms in total. The quantitative estimate of drug-likeness (QED) is 0.387. The van der Waals surface area contributed by atoms with Gasteiger partial charge in [-0.3, -0.25) is 4.79 Å². The lowest BCUT2D eigenvalue weighted by Crippen LogP contribution is -2.15. The highest BCUT2D eigenvalue weighted by Crippen LogP contribution is 2.41. The molecule has 0 aliphatic heterocycles. The number of hydrogen-bond acceptors (Lipinski definition) is 5. The number of hydrogen-bond donors (Lipinski definition) is 1. The molecule has 4 aromatic rings. The van der Waals surface area contributed by atoms with Crippen LogP contribution in [0.5, 0.6) is 5.75 Å². The van der Waals surface area contributed by atoms with Gasteiger partial charge in [-0.2, -0.15) is 13.2 Å². The Balaban J connectivity index is 1.75. The molecule has 9 heteroatoms. The van der Waals surface area contributed by atoms with Gasteiger partial charge in [0.1, 0.15) is 23.5 Å². The normalized spacial score (nSPS) is 11.8. The number of carbonyl (C=O) groups excluding carboxylic acids is 1. The Labute approximate surface area is 187 Å². The number of rotatable bonds is 6. The summed E-state index contributed by atoms with van der Waals surface area (Å²) in [5.41, 5.74) is 6.73. The summed E-state index contributed by atoms with van der Waals surface area (Å²) >= 11 is 0. The lowest BCUT2D eigenvalue weighted by molar-refractivity contribution is -0.138. The number of nitrogen functional groups attached to an aromatic ring is 1. The fraction of sp³-hybridized carbons (Fsp3) is 0.208. The first-order chi connectivity index (χ1) is 15.7. The Hall–Kier alpha value is -3.88. The molecule has 0 saturated carbocycles. The van der Waals surface area contributed by atoms with E-state index in [0.717, 1.165) is 6.07 Å². The van der Waals surface area contributed by atoms with Gasteiger partial charge in [0.25, 0.3) is 0 Å². The Morgan fingerprint density at radius 2 is 1.85 bits per heavy atom. The van der Waals surface area contributed by atoms with E-state index in [1.165, 1.54) is 18.5 Å². The number of carbonyl (C=O) groups is 1. The predicted octanol–water partition coefficient (Wildman–Crippen LogP) is 5.54. The summed E-state index contributed by atoms with van der Waals surface area (Å²) in [5, 5.41) is 0.479. The second-order valence-electron chi connectivity index (χ2n) is 7.79. The van der Waals surface area contributed by atoms with E-state index in [4.69, 9.17) is 10.5 Å². The molecule has 0 spiro atoms. The third-order valence-corrected chi connectivity index (χ3v) is 5.25. The summed E-state index contributed by atoms with van der Waals surface area (Å²) in [4.78, 5) is 20.5. The van der Waals surface area contributed by atoms with Gasteiger partial charge < -0.3 is 15.0 Å². The Bertz CT molecular complexity index is 1310. The first kappa shape index (κ1) is 22.3. The van der Waals surface area contributed by atoms with E-state index in [-0.39, 0.29) is 17.4 Å². The summed E-state index contributed by atoms with van der Waals surface area (Å²) in [7, 11) is 0. The number of ketones is 1. The molecule has 0 saturated heterocycles. The highest BCUT2D eigenvalue weighted by Gasteiger charge is 2.35. The average molecular weight is 454 g/mol. The second-order valence-corrected chi connectivity index (χ2v) is 7.79. The molecule has 2 N–H and O–H groups in total. The van der Waals surface area contributed by atoms with Crippen LogP contribution < -0.4 is 10.5 Å². The molecule has 2 heterocycles. The van der Waals surface area contributed by atoms with Gasteiger partial charge >= 0.3 is 6.18 Å². The minimum absolute atomic E-state index is 0.00393. The van der Waals surface area contributed by atoms with E-state index < -0.39 is 29.9 Å². The summed E-state index contributed by atoms with van der Waals surface area (Å²) in [6.07, 6.45) is -1.66. The minimum Gasteiger partial charge on any atom is -0.485 e. The van der Waals surface area contributed by atoms with E-state index in [0.29, 0.717) is 22.2 Å². The fourth-order valence-electron chi connectivity index (χ4n) is 3.62. The van der Waals surface area contributed by atoms with Crippen molar-refractivity contribution in [3.63, 3.8) is 0 Å². The lowest BCUT2D eigenvalue weighted by atomic mass is 10.0. The van der Waals surface area contributed by atoms with Crippen LogP contribution in [-0.4, -0.2) is 26.9 Å². The van der Waals surface area contributed by atoms with Crippen molar-refractivity contribution >= 4 is 22.6 Å². The highest BCUT2D eigenvalue weighted by molar-refractivity contribution is 6.01.